The molecule has 0 aliphatic heterocycles. The Morgan fingerprint density at radius 3 is 2.50 bits per heavy atom. The highest BCUT2D eigenvalue weighted by atomic mass is 15.2. The average molecular weight is 224 g/mol. The molecule has 0 spiro atoms. The summed E-state index contributed by atoms with van der Waals surface area (Å²) >= 11 is 0. The van der Waals surface area contributed by atoms with E-state index in [1.165, 1.54) is 58.2 Å². The van der Waals surface area contributed by atoms with Gasteiger partial charge in [0, 0.05) is 18.6 Å². The van der Waals surface area contributed by atoms with Crippen LogP contribution in [-0.4, -0.2) is 36.6 Å². The standard InChI is InChI=1S/C14H28N2/c1-3-9-15-10-8-12(2)16(14-6-7-14)11-13-4-5-13/h12-15H,3-11H2,1-2H3. The second-order valence-corrected chi connectivity index (χ2v) is 5.76. The molecule has 0 heterocycles. The van der Waals surface area contributed by atoms with Crippen LogP contribution in [0, 0.1) is 5.92 Å². The Labute approximate surface area is 101 Å². The van der Waals surface area contributed by atoms with E-state index < -0.39 is 0 Å². The number of hydrogen-bond donors (Lipinski definition) is 1. The molecule has 2 nitrogen and oxygen atoms in total. The van der Waals surface area contributed by atoms with E-state index in [9.17, 15) is 0 Å². The SMILES string of the molecule is CCCNCCC(C)N(CC1CC1)C1CC1. The van der Waals surface area contributed by atoms with Gasteiger partial charge < -0.3 is 5.32 Å². The highest BCUT2D eigenvalue weighted by Crippen LogP contribution is 2.36. The Morgan fingerprint density at radius 2 is 1.94 bits per heavy atom. The fraction of sp³-hybridized carbons (Fsp3) is 1.00. The summed E-state index contributed by atoms with van der Waals surface area (Å²) < 4.78 is 0. The molecule has 0 aromatic rings. The van der Waals surface area contributed by atoms with Crippen molar-refractivity contribution >= 4 is 0 Å². The minimum Gasteiger partial charge on any atom is -0.317 e. The first kappa shape index (κ1) is 12.4. The Hall–Kier alpha value is -0.0800. The maximum Gasteiger partial charge on any atom is 0.00993 e. The molecule has 2 rings (SSSR count). The first-order valence-electron chi connectivity index (χ1n) is 7.27. The minimum atomic E-state index is 0.789. The monoisotopic (exact) mass is 224 g/mol. The summed E-state index contributed by atoms with van der Waals surface area (Å²) in [5, 5.41) is 3.52. The van der Waals surface area contributed by atoms with Crippen LogP contribution >= 0.6 is 0 Å². The molecule has 0 radical (unpaired) electrons. The number of nitrogens with one attached hydrogen (secondary N) is 1. The van der Waals surface area contributed by atoms with Crippen molar-refractivity contribution in [1.82, 2.24) is 10.2 Å². The molecule has 0 saturated heterocycles. The first-order valence-corrected chi connectivity index (χ1v) is 7.27. The quantitative estimate of drug-likeness (QED) is 0.606. The molecule has 2 heteroatoms. The molecule has 16 heavy (non-hydrogen) atoms. The van der Waals surface area contributed by atoms with Crippen molar-refractivity contribution in [2.45, 2.75) is 64.5 Å². The molecule has 2 fully saturated rings. The lowest BCUT2D eigenvalue weighted by Crippen LogP contribution is -2.38. The Morgan fingerprint density at radius 1 is 1.19 bits per heavy atom. The summed E-state index contributed by atoms with van der Waals surface area (Å²) in [7, 11) is 0. The first-order chi connectivity index (χ1) is 7.81. The highest BCUT2D eigenvalue weighted by Gasteiger charge is 2.35. The molecule has 1 unspecified atom stereocenters. The maximum absolute atomic E-state index is 3.52. The maximum atomic E-state index is 3.52. The third kappa shape index (κ3) is 4.06. The zero-order valence-corrected chi connectivity index (χ0v) is 11.0. The number of hydrogen-bond acceptors (Lipinski definition) is 2. The lowest BCUT2D eigenvalue weighted by molar-refractivity contribution is 0.181. The van der Waals surface area contributed by atoms with Gasteiger partial charge in [0.25, 0.3) is 0 Å². The van der Waals surface area contributed by atoms with Crippen molar-refractivity contribution in [3.8, 4) is 0 Å². The van der Waals surface area contributed by atoms with E-state index in [-0.39, 0.29) is 0 Å². The molecular formula is C14H28N2. The number of rotatable bonds is 9. The van der Waals surface area contributed by atoms with Gasteiger partial charge in [0.2, 0.25) is 0 Å². The summed E-state index contributed by atoms with van der Waals surface area (Å²) in [6, 6.07) is 1.74. The van der Waals surface area contributed by atoms with Crippen LogP contribution in [0.25, 0.3) is 0 Å². The fourth-order valence-electron chi connectivity index (χ4n) is 2.47. The van der Waals surface area contributed by atoms with Crippen molar-refractivity contribution in [2.75, 3.05) is 19.6 Å². The topological polar surface area (TPSA) is 15.3 Å². The largest absolute Gasteiger partial charge is 0.317 e. The van der Waals surface area contributed by atoms with Crippen molar-refractivity contribution < 1.29 is 0 Å². The van der Waals surface area contributed by atoms with Gasteiger partial charge in [0.1, 0.15) is 0 Å². The Bertz CT molecular complexity index is 197. The molecule has 2 aliphatic rings. The minimum absolute atomic E-state index is 0.789. The second kappa shape index (κ2) is 6.02. The molecule has 0 aromatic carbocycles. The van der Waals surface area contributed by atoms with Crippen molar-refractivity contribution in [3.05, 3.63) is 0 Å². The third-order valence-corrected chi connectivity index (χ3v) is 3.91. The van der Waals surface area contributed by atoms with Gasteiger partial charge in [0.15, 0.2) is 0 Å². The molecular weight excluding hydrogens is 196 g/mol. The van der Waals surface area contributed by atoms with Crippen molar-refractivity contribution in [3.63, 3.8) is 0 Å². The average Bonchev–Trinajstić information content (AvgIpc) is 3.14. The van der Waals surface area contributed by atoms with Gasteiger partial charge in [-0.3, -0.25) is 4.90 Å². The number of nitrogens with zero attached hydrogens (tertiary/aromatic N) is 1. The molecule has 2 aliphatic carbocycles. The van der Waals surface area contributed by atoms with E-state index in [0.717, 1.165) is 18.0 Å². The zero-order chi connectivity index (χ0) is 11.4. The van der Waals surface area contributed by atoms with Crippen molar-refractivity contribution in [1.29, 1.82) is 0 Å². The van der Waals surface area contributed by atoms with E-state index in [1.807, 2.05) is 0 Å². The van der Waals surface area contributed by atoms with Crippen LogP contribution in [0.5, 0.6) is 0 Å². The van der Waals surface area contributed by atoms with Crippen LogP contribution in [0.3, 0.4) is 0 Å². The Kier molecular flexibility index (Phi) is 4.66. The molecule has 1 N–H and O–H groups in total. The molecule has 0 amide bonds. The predicted molar refractivity (Wildman–Crippen MR) is 69.7 cm³/mol. The van der Waals surface area contributed by atoms with E-state index in [0.29, 0.717) is 0 Å². The van der Waals surface area contributed by atoms with Crippen molar-refractivity contribution in [2.24, 2.45) is 5.92 Å². The van der Waals surface area contributed by atoms with Crippen LogP contribution < -0.4 is 5.32 Å². The molecule has 1 atom stereocenters. The smallest absolute Gasteiger partial charge is 0.00993 e. The molecule has 0 aromatic heterocycles. The van der Waals surface area contributed by atoms with Crippen LogP contribution in [0.2, 0.25) is 0 Å². The third-order valence-electron chi connectivity index (χ3n) is 3.91. The Balaban J connectivity index is 1.64. The lowest BCUT2D eigenvalue weighted by atomic mass is 10.1. The lowest BCUT2D eigenvalue weighted by Gasteiger charge is -2.29. The highest BCUT2D eigenvalue weighted by molar-refractivity contribution is 4.90. The summed E-state index contributed by atoms with van der Waals surface area (Å²) in [5.74, 6) is 1.05. The summed E-state index contributed by atoms with van der Waals surface area (Å²) in [5.41, 5.74) is 0. The fourth-order valence-corrected chi connectivity index (χ4v) is 2.47. The summed E-state index contributed by atoms with van der Waals surface area (Å²) in [4.78, 5) is 2.80. The van der Waals surface area contributed by atoms with E-state index in [4.69, 9.17) is 0 Å². The summed E-state index contributed by atoms with van der Waals surface area (Å²) in [6.45, 7) is 8.43. The van der Waals surface area contributed by atoms with Gasteiger partial charge >= 0.3 is 0 Å². The van der Waals surface area contributed by atoms with Crippen LogP contribution in [-0.2, 0) is 0 Å². The normalized spacial score (nSPS) is 22.7. The molecule has 94 valence electrons. The van der Waals surface area contributed by atoms with Gasteiger partial charge in [-0.25, -0.2) is 0 Å². The zero-order valence-electron chi connectivity index (χ0n) is 11.0. The van der Waals surface area contributed by atoms with Gasteiger partial charge in [-0.1, -0.05) is 6.92 Å². The van der Waals surface area contributed by atoms with Crippen LogP contribution in [0.4, 0.5) is 0 Å². The second-order valence-electron chi connectivity index (χ2n) is 5.76. The van der Waals surface area contributed by atoms with Gasteiger partial charge in [-0.15, -0.1) is 0 Å². The van der Waals surface area contributed by atoms with Crippen LogP contribution in [0.15, 0.2) is 0 Å². The van der Waals surface area contributed by atoms with Crippen LogP contribution in [0.1, 0.15) is 52.4 Å². The van der Waals surface area contributed by atoms with Gasteiger partial charge in [-0.05, 0) is 64.5 Å². The van der Waals surface area contributed by atoms with E-state index >= 15 is 0 Å². The van der Waals surface area contributed by atoms with E-state index in [2.05, 4.69) is 24.1 Å². The predicted octanol–water partition coefficient (Wildman–Crippen LogP) is 2.64. The molecule has 2 saturated carbocycles. The van der Waals surface area contributed by atoms with E-state index in [1.54, 1.807) is 0 Å². The summed E-state index contributed by atoms with van der Waals surface area (Å²) in [6.07, 6.45) is 8.47. The van der Waals surface area contributed by atoms with Gasteiger partial charge in [0.05, 0.1) is 0 Å². The molecule has 0 bridgehead atoms. The van der Waals surface area contributed by atoms with Gasteiger partial charge in [-0.2, -0.15) is 0 Å².